The number of nitrogens with zero attached hydrogens (tertiary/aromatic N) is 1. The molecule has 0 aliphatic carbocycles. The Morgan fingerprint density at radius 2 is 2.04 bits per heavy atom. The lowest BCUT2D eigenvalue weighted by Crippen LogP contribution is -2.46. The first-order chi connectivity index (χ1) is 11.3. The van der Waals surface area contributed by atoms with E-state index in [2.05, 4.69) is 6.07 Å². The summed E-state index contributed by atoms with van der Waals surface area (Å²) in [4.78, 5) is 26.0. The highest BCUT2D eigenvalue weighted by atomic mass is 32.1. The number of amides is 2. The van der Waals surface area contributed by atoms with Crippen molar-refractivity contribution >= 4 is 29.0 Å². The van der Waals surface area contributed by atoms with Gasteiger partial charge in [-0.2, -0.15) is 0 Å². The molecule has 3 rings (SSSR count). The highest BCUT2D eigenvalue weighted by molar-refractivity contribution is 7.10. The number of nitrogens with one attached hydrogen (secondary N) is 1. The highest BCUT2D eigenvalue weighted by Crippen LogP contribution is 2.41. The Kier molecular flexibility index (Phi) is 4.01. The van der Waals surface area contributed by atoms with Crippen LogP contribution >= 0.6 is 11.3 Å². The molecule has 2 amide bonds. The van der Waals surface area contributed by atoms with Crippen molar-refractivity contribution in [3.63, 3.8) is 0 Å². The van der Waals surface area contributed by atoms with E-state index in [1.165, 1.54) is 4.90 Å². The van der Waals surface area contributed by atoms with E-state index in [4.69, 9.17) is 11.1 Å². The number of piperidine rings is 1. The standard InChI is InChI=1S/C18H19N3O2S/c1-18(8-15(19)21(2)16(22)9-18)14-7-13(10-24-14)11-4-3-5-12(6-11)17(20)23/h3-7,10,19H,8-9H2,1-2H3,(H2,20,23)/t18-/m0/s1. The molecule has 24 heavy (non-hydrogen) atoms. The zero-order valence-electron chi connectivity index (χ0n) is 13.6. The molecule has 1 aromatic heterocycles. The van der Waals surface area contributed by atoms with Crippen LogP contribution in [0.15, 0.2) is 35.7 Å². The molecule has 1 atom stereocenters. The van der Waals surface area contributed by atoms with Crippen LogP contribution in [-0.4, -0.2) is 29.6 Å². The zero-order chi connectivity index (χ0) is 17.5. The summed E-state index contributed by atoms with van der Waals surface area (Å²) < 4.78 is 0. The molecule has 1 fully saturated rings. The largest absolute Gasteiger partial charge is 0.366 e. The summed E-state index contributed by atoms with van der Waals surface area (Å²) in [6.07, 6.45) is 0.934. The molecule has 0 radical (unpaired) electrons. The fourth-order valence-electron chi connectivity index (χ4n) is 2.98. The summed E-state index contributed by atoms with van der Waals surface area (Å²) in [5.74, 6) is -0.132. The highest BCUT2D eigenvalue weighted by Gasteiger charge is 2.39. The molecule has 0 spiro atoms. The smallest absolute Gasteiger partial charge is 0.248 e. The zero-order valence-corrected chi connectivity index (χ0v) is 14.4. The van der Waals surface area contributed by atoms with Crippen molar-refractivity contribution < 1.29 is 9.59 Å². The Morgan fingerprint density at radius 3 is 2.71 bits per heavy atom. The first kappa shape index (κ1) is 16.4. The molecule has 0 saturated carbocycles. The van der Waals surface area contributed by atoms with Gasteiger partial charge in [-0.1, -0.05) is 19.1 Å². The number of carbonyl (C=O) groups is 2. The number of hydrogen-bond acceptors (Lipinski definition) is 4. The van der Waals surface area contributed by atoms with E-state index < -0.39 is 5.91 Å². The van der Waals surface area contributed by atoms with Gasteiger partial charge in [0.2, 0.25) is 11.8 Å². The van der Waals surface area contributed by atoms with E-state index in [9.17, 15) is 9.59 Å². The lowest BCUT2D eigenvalue weighted by atomic mass is 9.78. The van der Waals surface area contributed by atoms with E-state index in [-0.39, 0.29) is 11.3 Å². The van der Waals surface area contributed by atoms with Crippen molar-refractivity contribution in [1.29, 1.82) is 5.41 Å². The second-order valence-corrected chi connectivity index (χ2v) is 7.37. The summed E-state index contributed by atoms with van der Waals surface area (Å²) in [6, 6.07) is 9.26. The van der Waals surface area contributed by atoms with E-state index in [0.717, 1.165) is 16.0 Å². The number of thiophene rings is 1. The summed E-state index contributed by atoms with van der Waals surface area (Å²) in [7, 11) is 1.65. The molecule has 3 N–H and O–H groups in total. The van der Waals surface area contributed by atoms with Crippen LogP contribution in [0.5, 0.6) is 0 Å². The SMILES string of the molecule is CN1C(=N)C[C@](C)(c2cc(-c3cccc(C(N)=O)c3)cs2)CC1=O. The van der Waals surface area contributed by atoms with E-state index >= 15 is 0 Å². The Labute approximate surface area is 144 Å². The van der Waals surface area contributed by atoms with Crippen LogP contribution in [0.3, 0.4) is 0 Å². The van der Waals surface area contributed by atoms with Gasteiger partial charge in [0, 0.05) is 35.7 Å². The lowest BCUT2D eigenvalue weighted by Gasteiger charge is -2.36. The molecule has 124 valence electrons. The van der Waals surface area contributed by atoms with Crippen LogP contribution in [0.1, 0.15) is 35.0 Å². The number of carbonyl (C=O) groups excluding carboxylic acids is 2. The average Bonchev–Trinajstić information content (AvgIpc) is 3.03. The van der Waals surface area contributed by atoms with Crippen molar-refractivity contribution in [1.82, 2.24) is 4.90 Å². The third-order valence-electron chi connectivity index (χ3n) is 4.55. The van der Waals surface area contributed by atoms with Gasteiger partial charge in [0.15, 0.2) is 0 Å². The first-order valence-corrected chi connectivity index (χ1v) is 8.51. The number of primary amides is 1. The molecule has 1 aliphatic rings. The fraction of sp³-hybridized carbons (Fsp3) is 0.278. The average molecular weight is 341 g/mol. The van der Waals surface area contributed by atoms with E-state index in [1.54, 1.807) is 30.5 Å². The van der Waals surface area contributed by atoms with Gasteiger partial charge in [-0.15, -0.1) is 11.3 Å². The maximum absolute atomic E-state index is 12.1. The van der Waals surface area contributed by atoms with Gasteiger partial charge >= 0.3 is 0 Å². The second kappa shape index (κ2) is 5.87. The van der Waals surface area contributed by atoms with Crippen LogP contribution < -0.4 is 5.73 Å². The molecular weight excluding hydrogens is 322 g/mol. The van der Waals surface area contributed by atoms with Gasteiger partial charge in [0.1, 0.15) is 5.84 Å². The monoisotopic (exact) mass is 341 g/mol. The van der Waals surface area contributed by atoms with Gasteiger partial charge in [-0.25, -0.2) is 0 Å². The van der Waals surface area contributed by atoms with Crippen LogP contribution in [0.25, 0.3) is 11.1 Å². The van der Waals surface area contributed by atoms with Crippen LogP contribution in [0, 0.1) is 5.41 Å². The normalized spacial score (nSPS) is 21.2. The number of benzene rings is 1. The van der Waals surface area contributed by atoms with Crippen molar-refractivity contribution in [2.24, 2.45) is 5.73 Å². The van der Waals surface area contributed by atoms with Crippen molar-refractivity contribution in [3.05, 3.63) is 46.2 Å². The number of hydrogen-bond donors (Lipinski definition) is 2. The van der Waals surface area contributed by atoms with E-state index in [1.807, 2.05) is 24.4 Å². The summed E-state index contributed by atoms with van der Waals surface area (Å²) in [5, 5.41) is 10.1. The van der Waals surface area contributed by atoms with Gasteiger partial charge in [0.05, 0.1) is 0 Å². The lowest BCUT2D eigenvalue weighted by molar-refractivity contribution is -0.128. The predicted octanol–water partition coefficient (Wildman–Crippen LogP) is 3.00. The van der Waals surface area contributed by atoms with Gasteiger partial charge in [-0.05, 0) is 34.7 Å². The minimum absolute atomic E-state index is 0.0283. The molecule has 0 bridgehead atoms. The Hall–Kier alpha value is -2.47. The van der Waals surface area contributed by atoms with Crippen molar-refractivity contribution in [2.45, 2.75) is 25.2 Å². The number of nitrogens with two attached hydrogens (primary N) is 1. The van der Waals surface area contributed by atoms with Gasteiger partial charge in [0.25, 0.3) is 0 Å². The summed E-state index contributed by atoms with van der Waals surface area (Å²) in [5.41, 5.74) is 7.38. The molecule has 1 aliphatic heterocycles. The van der Waals surface area contributed by atoms with E-state index in [0.29, 0.717) is 24.2 Å². The molecule has 6 heteroatoms. The number of rotatable bonds is 3. The van der Waals surface area contributed by atoms with Gasteiger partial charge in [-0.3, -0.25) is 15.0 Å². The molecule has 1 aromatic carbocycles. The molecule has 1 saturated heterocycles. The number of likely N-dealkylation sites (tertiary alicyclic amines) is 1. The topological polar surface area (TPSA) is 87.2 Å². The molecule has 2 aromatic rings. The van der Waals surface area contributed by atoms with Crippen molar-refractivity contribution in [3.8, 4) is 11.1 Å². The first-order valence-electron chi connectivity index (χ1n) is 7.63. The minimum atomic E-state index is -0.450. The maximum Gasteiger partial charge on any atom is 0.248 e. The minimum Gasteiger partial charge on any atom is -0.366 e. The molecule has 5 nitrogen and oxygen atoms in total. The molecular formula is C18H19N3O2S. The Morgan fingerprint density at radius 1 is 1.29 bits per heavy atom. The Bertz CT molecular complexity index is 822. The van der Waals surface area contributed by atoms with Crippen LogP contribution in [0.4, 0.5) is 0 Å². The molecule has 2 heterocycles. The number of amidine groups is 1. The third-order valence-corrected chi connectivity index (χ3v) is 5.79. The second-order valence-electron chi connectivity index (χ2n) is 6.46. The third kappa shape index (κ3) is 2.85. The van der Waals surface area contributed by atoms with Crippen LogP contribution in [0.2, 0.25) is 0 Å². The fourth-order valence-corrected chi connectivity index (χ4v) is 4.07. The quantitative estimate of drug-likeness (QED) is 0.899. The van der Waals surface area contributed by atoms with Crippen LogP contribution in [-0.2, 0) is 10.2 Å². The van der Waals surface area contributed by atoms with Gasteiger partial charge < -0.3 is 10.6 Å². The Balaban J connectivity index is 1.93. The maximum atomic E-state index is 12.1. The summed E-state index contributed by atoms with van der Waals surface area (Å²) >= 11 is 1.59. The van der Waals surface area contributed by atoms with Crippen molar-refractivity contribution in [2.75, 3.05) is 7.05 Å². The molecule has 0 unspecified atom stereocenters. The summed E-state index contributed by atoms with van der Waals surface area (Å²) in [6.45, 7) is 2.03. The predicted molar refractivity (Wildman–Crippen MR) is 95.4 cm³/mol.